The van der Waals surface area contributed by atoms with E-state index in [0.717, 1.165) is 28.8 Å². The second-order valence-electron chi connectivity index (χ2n) is 10.6. The number of carbonyl (C=O) groups excluding carboxylic acids is 2. The predicted molar refractivity (Wildman–Crippen MR) is 178 cm³/mol. The molecular weight excluding hydrogens is 628 g/mol. The zero-order valence-corrected chi connectivity index (χ0v) is 26.9. The first kappa shape index (κ1) is 34.1. The molecule has 0 fully saturated rings. The molecule has 0 aromatic heterocycles. The highest BCUT2D eigenvalue weighted by Crippen LogP contribution is 2.28. The molecular formula is C34H35ClN4O6S. The van der Waals surface area contributed by atoms with Crippen molar-refractivity contribution in [1.29, 1.82) is 0 Å². The number of non-ortho nitro benzene ring substituents is 1. The Morgan fingerprint density at radius 2 is 1.54 bits per heavy atom. The van der Waals surface area contributed by atoms with Gasteiger partial charge in [-0.05, 0) is 47.9 Å². The van der Waals surface area contributed by atoms with E-state index in [0.29, 0.717) is 17.1 Å². The lowest BCUT2D eigenvalue weighted by Gasteiger charge is -2.34. The lowest BCUT2D eigenvalue weighted by Crippen LogP contribution is -2.53. The number of carbonyl (C=O) groups is 2. The van der Waals surface area contributed by atoms with Crippen molar-refractivity contribution in [2.45, 2.75) is 43.7 Å². The number of nitrogens with one attached hydrogen (secondary N) is 1. The summed E-state index contributed by atoms with van der Waals surface area (Å²) in [4.78, 5) is 40.5. The summed E-state index contributed by atoms with van der Waals surface area (Å²) in [6.07, 6.45) is 1.75. The quantitative estimate of drug-likeness (QED) is 0.0944. The van der Waals surface area contributed by atoms with E-state index < -0.39 is 33.4 Å². The van der Waals surface area contributed by atoms with Crippen molar-refractivity contribution in [2.24, 2.45) is 0 Å². The first-order chi connectivity index (χ1) is 22.1. The Bertz CT molecular complexity index is 1760. The lowest BCUT2D eigenvalue weighted by molar-refractivity contribution is -0.384. The maximum Gasteiger partial charge on any atom is 0.271 e. The third kappa shape index (κ3) is 8.92. The van der Waals surface area contributed by atoms with Gasteiger partial charge in [-0.3, -0.25) is 24.0 Å². The van der Waals surface area contributed by atoms with Crippen LogP contribution in [0.3, 0.4) is 0 Å². The van der Waals surface area contributed by atoms with Crippen LogP contribution in [-0.4, -0.2) is 49.2 Å². The molecule has 4 rings (SSSR count). The van der Waals surface area contributed by atoms with E-state index in [4.69, 9.17) is 11.6 Å². The van der Waals surface area contributed by atoms with Gasteiger partial charge < -0.3 is 10.2 Å². The SMILES string of the molecule is CCCCNC(=O)C(Cc1ccccc1)N(Cc1cccc(Cl)c1)C(=O)CN(c1cccc([N+](=O)[O-])c1)S(=O)(=O)c1ccccc1. The average molecular weight is 663 g/mol. The van der Waals surface area contributed by atoms with Gasteiger partial charge in [0.15, 0.2) is 0 Å². The van der Waals surface area contributed by atoms with Gasteiger partial charge in [0, 0.05) is 36.7 Å². The molecule has 2 amide bonds. The highest BCUT2D eigenvalue weighted by Gasteiger charge is 2.35. The van der Waals surface area contributed by atoms with Gasteiger partial charge in [-0.25, -0.2) is 8.42 Å². The molecule has 0 aliphatic rings. The van der Waals surface area contributed by atoms with E-state index in [1.165, 1.54) is 35.2 Å². The molecule has 0 radical (unpaired) electrons. The summed E-state index contributed by atoms with van der Waals surface area (Å²) < 4.78 is 28.9. The van der Waals surface area contributed by atoms with Crippen LogP contribution >= 0.6 is 11.6 Å². The minimum absolute atomic E-state index is 0.0494. The Morgan fingerprint density at radius 1 is 0.891 bits per heavy atom. The minimum atomic E-state index is -4.39. The van der Waals surface area contributed by atoms with Gasteiger partial charge >= 0.3 is 0 Å². The molecule has 46 heavy (non-hydrogen) atoms. The second kappa shape index (κ2) is 16.0. The molecule has 4 aromatic rings. The van der Waals surface area contributed by atoms with Crippen molar-refractivity contribution >= 4 is 44.8 Å². The minimum Gasteiger partial charge on any atom is -0.354 e. The summed E-state index contributed by atoms with van der Waals surface area (Å²) in [5, 5.41) is 15.0. The highest BCUT2D eigenvalue weighted by atomic mass is 35.5. The maximum atomic E-state index is 14.5. The van der Waals surface area contributed by atoms with Crippen LogP contribution in [-0.2, 0) is 32.6 Å². The van der Waals surface area contributed by atoms with E-state index >= 15 is 0 Å². The predicted octanol–water partition coefficient (Wildman–Crippen LogP) is 6.00. The number of nitrogens with zero attached hydrogens (tertiary/aromatic N) is 3. The van der Waals surface area contributed by atoms with Crippen LogP contribution in [0.4, 0.5) is 11.4 Å². The van der Waals surface area contributed by atoms with Crippen LogP contribution in [0.5, 0.6) is 0 Å². The Balaban J connectivity index is 1.81. The lowest BCUT2D eigenvalue weighted by atomic mass is 10.0. The average Bonchev–Trinajstić information content (AvgIpc) is 3.06. The summed E-state index contributed by atoms with van der Waals surface area (Å²) in [5.74, 6) is -1.07. The number of hydrogen-bond donors (Lipinski definition) is 1. The van der Waals surface area contributed by atoms with Crippen molar-refractivity contribution in [3.8, 4) is 0 Å². The monoisotopic (exact) mass is 662 g/mol. The summed E-state index contributed by atoms with van der Waals surface area (Å²) in [5.41, 5.74) is 1.02. The summed E-state index contributed by atoms with van der Waals surface area (Å²) in [6, 6.07) is 27.6. The third-order valence-electron chi connectivity index (χ3n) is 7.28. The Labute approximate surface area is 273 Å². The molecule has 240 valence electrons. The fraction of sp³-hybridized carbons (Fsp3) is 0.235. The Morgan fingerprint density at radius 3 is 2.20 bits per heavy atom. The van der Waals surface area contributed by atoms with Crippen molar-refractivity contribution in [3.05, 3.63) is 135 Å². The molecule has 0 aliphatic heterocycles. The highest BCUT2D eigenvalue weighted by molar-refractivity contribution is 7.92. The number of sulfonamides is 1. The standard InChI is InChI=1S/C34H35ClN4O6S/c1-2-3-20-36-34(41)32(22-26-12-6-4-7-13-26)37(24-27-14-10-15-28(35)21-27)33(40)25-38(29-16-11-17-30(23-29)39(42)43)46(44,45)31-18-8-5-9-19-31/h4-19,21,23,32H,2-3,20,22,24-25H2,1H3,(H,36,41). The molecule has 0 aliphatic carbocycles. The number of unbranched alkanes of at least 4 members (excludes halogenated alkanes) is 1. The number of amides is 2. The first-order valence-electron chi connectivity index (χ1n) is 14.8. The van der Waals surface area contributed by atoms with Crippen LogP contribution in [0, 0.1) is 10.1 Å². The molecule has 0 saturated heterocycles. The number of nitro benzene ring substituents is 1. The zero-order chi connectivity index (χ0) is 33.1. The van der Waals surface area contributed by atoms with Crippen LogP contribution in [0.25, 0.3) is 0 Å². The van der Waals surface area contributed by atoms with Crippen LogP contribution in [0.1, 0.15) is 30.9 Å². The molecule has 0 spiro atoms. The van der Waals surface area contributed by atoms with E-state index in [2.05, 4.69) is 5.32 Å². The van der Waals surface area contributed by atoms with Gasteiger partial charge in [-0.1, -0.05) is 91.7 Å². The fourth-order valence-electron chi connectivity index (χ4n) is 4.90. The molecule has 1 N–H and O–H groups in total. The molecule has 4 aromatic carbocycles. The van der Waals surface area contributed by atoms with Gasteiger partial charge in [0.25, 0.3) is 15.7 Å². The van der Waals surface area contributed by atoms with Crippen LogP contribution in [0.15, 0.2) is 114 Å². The molecule has 1 atom stereocenters. The first-order valence-corrected chi connectivity index (χ1v) is 16.6. The van der Waals surface area contributed by atoms with Gasteiger partial charge in [0.2, 0.25) is 11.8 Å². The number of hydrogen-bond acceptors (Lipinski definition) is 6. The van der Waals surface area contributed by atoms with Gasteiger partial charge in [-0.15, -0.1) is 0 Å². The summed E-state index contributed by atoms with van der Waals surface area (Å²) >= 11 is 6.27. The summed E-state index contributed by atoms with van der Waals surface area (Å²) in [6.45, 7) is 1.62. The number of benzene rings is 4. The Hall–Kier alpha value is -4.74. The van der Waals surface area contributed by atoms with E-state index in [9.17, 15) is 28.1 Å². The molecule has 1 unspecified atom stereocenters. The van der Waals surface area contributed by atoms with Gasteiger partial charge in [0.1, 0.15) is 12.6 Å². The van der Waals surface area contributed by atoms with E-state index in [1.54, 1.807) is 42.5 Å². The van der Waals surface area contributed by atoms with E-state index in [1.807, 2.05) is 37.3 Å². The molecule has 12 heteroatoms. The number of anilines is 1. The summed E-state index contributed by atoms with van der Waals surface area (Å²) in [7, 11) is -4.39. The largest absolute Gasteiger partial charge is 0.354 e. The van der Waals surface area contributed by atoms with E-state index in [-0.39, 0.29) is 35.1 Å². The number of rotatable bonds is 15. The normalized spacial score (nSPS) is 11.8. The van der Waals surface area contributed by atoms with Crippen LogP contribution in [0.2, 0.25) is 5.02 Å². The maximum absolute atomic E-state index is 14.5. The zero-order valence-electron chi connectivity index (χ0n) is 25.3. The van der Waals surface area contributed by atoms with Gasteiger partial charge in [0.05, 0.1) is 15.5 Å². The molecule has 0 saturated carbocycles. The van der Waals surface area contributed by atoms with Crippen molar-refractivity contribution in [3.63, 3.8) is 0 Å². The van der Waals surface area contributed by atoms with Crippen LogP contribution < -0.4 is 9.62 Å². The number of nitro groups is 1. The topological polar surface area (TPSA) is 130 Å². The van der Waals surface area contributed by atoms with Crippen molar-refractivity contribution in [1.82, 2.24) is 10.2 Å². The number of halogens is 1. The molecule has 0 bridgehead atoms. The fourth-order valence-corrected chi connectivity index (χ4v) is 6.54. The smallest absolute Gasteiger partial charge is 0.271 e. The van der Waals surface area contributed by atoms with Crippen molar-refractivity contribution in [2.75, 3.05) is 17.4 Å². The molecule has 10 nitrogen and oxygen atoms in total. The molecule has 0 heterocycles. The second-order valence-corrected chi connectivity index (χ2v) is 12.9. The Kier molecular flexibility index (Phi) is 11.9. The van der Waals surface area contributed by atoms with Gasteiger partial charge in [-0.2, -0.15) is 0 Å². The van der Waals surface area contributed by atoms with Crippen molar-refractivity contribution < 1.29 is 22.9 Å². The third-order valence-corrected chi connectivity index (χ3v) is 9.30.